The Bertz CT molecular complexity index is 993. The van der Waals surface area contributed by atoms with Gasteiger partial charge in [0.1, 0.15) is 6.04 Å². The van der Waals surface area contributed by atoms with Crippen molar-refractivity contribution in [2.24, 2.45) is 16.5 Å². The molecule has 5 amide bonds. The number of aliphatic carboxylic acids is 2. The Morgan fingerprint density at radius 3 is 2.00 bits per heavy atom. The molecule has 19 heteroatoms. The molecule has 0 aliphatic heterocycles. The number of amides is 5. The normalized spacial score (nSPS) is 12.6. The molecule has 0 radical (unpaired) electrons. The van der Waals surface area contributed by atoms with E-state index in [4.69, 9.17) is 21.7 Å². The molecule has 3 atom stereocenters. The van der Waals surface area contributed by atoms with E-state index in [2.05, 4.69) is 27.9 Å². The topological polar surface area (TPSA) is 305 Å². The molecule has 0 bridgehead atoms. The zero-order valence-electron chi connectivity index (χ0n) is 23.9. The number of aliphatic imine (C=N–C) groups is 1. The van der Waals surface area contributed by atoms with Gasteiger partial charge in [-0.3, -0.25) is 19.4 Å². The van der Waals surface area contributed by atoms with Crippen molar-refractivity contribution in [3.8, 4) is 0 Å². The summed E-state index contributed by atoms with van der Waals surface area (Å²) in [6.45, 7) is 0.0501. The third-order valence-electron chi connectivity index (χ3n) is 5.44. The van der Waals surface area contributed by atoms with Crippen LogP contribution in [0.25, 0.3) is 0 Å². The monoisotopic (exact) mass is 729 g/mol. The molecule has 0 fully saturated rings. The van der Waals surface area contributed by atoms with Crippen LogP contribution in [0.5, 0.6) is 0 Å². The molecule has 0 saturated carbocycles. The number of alkyl halides is 2. The number of nitrogens with one attached hydrogen (secondary N) is 5. The maximum atomic E-state index is 12.7. The standard InChI is InChI=1S/C24H42IN8O10/c1-2-25-9-5-3-4-8-16(35)29-11-17(36)31-14(7-6-10-28-24(26)27)20(38)30-12-18(37)33-19(23(42)43)21(39)32-15(13-34)22(40)41/h14-15,19,34H,2-13H2,1H3,(H,29,35)(H,30,38)(H,31,36)(H,32,39)(H,33,37)(H,40,41)(H,42,43)(H4,26,27,28)/q-1. The van der Waals surface area contributed by atoms with Crippen molar-refractivity contribution in [3.05, 3.63) is 0 Å². The summed E-state index contributed by atoms with van der Waals surface area (Å²) in [6, 6.07) is -5.22. The van der Waals surface area contributed by atoms with Gasteiger partial charge in [0.05, 0.1) is 13.2 Å². The van der Waals surface area contributed by atoms with Gasteiger partial charge >= 0.3 is 132 Å². The van der Waals surface area contributed by atoms with Crippen LogP contribution in [0.3, 0.4) is 0 Å². The number of carbonyl (C=O) groups is 7. The number of nitrogens with two attached hydrogens (primary N) is 2. The number of aliphatic hydroxyl groups is 1. The third kappa shape index (κ3) is 19.1. The second kappa shape index (κ2) is 22.8. The predicted octanol–water partition coefficient (Wildman–Crippen LogP) is -7.44. The van der Waals surface area contributed by atoms with Gasteiger partial charge in [-0.1, -0.05) is 0 Å². The molecule has 0 saturated heterocycles. The molecule has 0 aromatic heterocycles. The number of rotatable bonds is 23. The Kier molecular flexibility index (Phi) is 20.8. The number of nitrogens with zero attached hydrogens (tertiary/aromatic N) is 1. The number of guanidine groups is 1. The van der Waals surface area contributed by atoms with Crippen LogP contribution in [-0.4, -0.2) is 116 Å². The van der Waals surface area contributed by atoms with Crippen molar-refractivity contribution in [3.63, 3.8) is 0 Å². The first kappa shape index (κ1) is 39.2. The summed E-state index contributed by atoms with van der Waals surface area (Å²) < 4.78 is 2.43. The van der Waals surface area contributed by atoms with Crippen LogP contribution in [0.1, 0.15) is 45.4 Å². The van der Waals surface area contributed by atoms with Crippen LogP contribution < -0.4 is 59.3 Å². The van der Waals surface area contributed by atoms with E-state index in [1.54, 1.807) is 5.32 Å². The Labute approximate surface area is 258 Å². The number of carbonyl (C=O) groups excluding carboxylic acids is 5. The zero-order chi connectivity index (χ0) is 32.8. The number of aliphatic hydroxyl groups excluding tert-OH is 1. The van der Waals surface area contributed by atoms with E-state index >= 15 is 0 Å². The van der Waals surface area contributed by atoms with Gasteiger partial charge in [0.2, 0.25) is 11.9 Å². The summed E-state index contributed by atoms with van der Waals surface area (Å²) in [7, 11) is 0. The van der Waals surface area contributed by atoms with Crippen molar-refractivity contribution >= 4 is 47.4 Å². The summed E-state index contributed by atoms with van der Waals surface area (Å²) in [5.41, 5.74) is 10.6. The smallest absolute Gasteiger partial charge is 0.480 e. The summed E-state index contributed by atoms with van der Waals surface area (Å²) >= 11 is 0.239. The number of carboxylic acid groups (broad SMARTS) is 2. The Hall–Kier alpha value is -3.75. The summed E-state index contributed by atoms with van der Waals surface area (Å²) in [4.78, 5) is 87.7. The number of halogens is 1. The molecular weight excluding hydrogens is 687 g/mol. The number of hydrogen-bond acceptors (Lipinski definition) is 9. The first-order valence-electron chi connectivity index (χ1n) is 13.4. The zero-order valence-corrected chi connectivity index (χ0v) is 26.1. The van der Waals surface area contributed by atoms with Gasteiger partial charge in [-0.25, -0.2) is 9.59 Å². The van der Waals surface area contributed by atoms with E-state index in [1.807, 2.05) is 5.32 Å². The maximum absolute atomic E-state index is 12.7. The van der Waals surface area contributed by atoms with Gasteiger partial charge in [-0.15, -0.1) is 0 Å². The Morgan fingerprint density at radius 2 is 1.42 bits per heavy atom. The SMILES string of the molecule is CC[I-]CCCCCC(=O)NCC(=O)NC(CCCN=C(N)N)C(=O)NCC(=O)NC(C(=O)O)C(=O)NC(CO)C(=O)O. The summed E-state index contributed by atoms with van der Waals surface area (Å²) in [5.74, 6) is -8.00. The quantitative estimate of drug-likeness (QED) is 0.0117. The van der Waals surface area contributed by atoms with E-state index in [1.165, 1.54) is 8.86 Å². The van der Waals surface area contributed by atoms with Crippen LogP contribution in [-0.2, 0) is 33.6 Å². The minimum Gasteiger partial charge on any atom is -0.480 e. The summed E-state index contributed by atoms with van der Waals surface area (Å²) in [6.07, 6.45) is 3.23. The third-order valence-corrected chi connectivity index (χ3v) is 8.04. The first-order chi connectivity index (χ1) is 20.3. The predicted molar refractivity (Wildman–Crippen MR) is 148 cm³/mol. The molecule has 0 aromatic rings. The average Bonchev–Trinajstić information content (AvgIpc) is 2.94. The van der Waals surface area contributed by atoms with Crippen LogP contribution in [0.15, 0.2) is 4.99 Å². The minimum atomic E-state index is -2.23. The average molecular weight is 730 g/mol. The minimum absolute atomic E-state index is 0.0300. The fourth-order valence-corrected chi connectivity index (χ4v) is 5.09. The van der Waals surface area contributed by atoms with Gasteiger partial charge in [0.25, 0.3) is 5.91 Å². The van der Waals surface area contributed by atoms with Gasteiger partial charge in [-0.2, -0.15) is 0 Å². The van der Waals surface area contributed by atoms with Gasteiger partial charge < -0.3 is 42.7 Å². The molecule has 18 nitrogen and oxygen atoms in total. The molecular formula is C24H42IN8O10-. The van der Waals surface area contributed by atoms with E-state index in [0.717, 1.165) is 12.8 Å². The van der Waals surface area contributed by atoms with E-state index in [9.17, 15) is 38.7 Å². The van der Waals surface area contributed by atoms with Crippen LogP contribution in [0, 0.1) is 0 Å². The molecule has 0 rings (SSSR count). The Morgan fingerprint density at radius 1 is 0.767 bits per heavy atom. The number of unbranched alkanes of at least 4 members (excludes halogenated alkanes) is 2. The number of carboxylic acids is 2. The fourth-order valence-electron chi connectivity index (χ4n) is 3.25. The van der Waals surface area contributed by atoms with Crippen molar-refractivity contribution < 1.29 is 70.1 Å². The molecule has 0 heterocycles. The summed E-state index contributed by atoms with van der Waals surface area (Å²) in [5, 5.41) is 37.9. The van der Waals surface area contributed by atoms with Crippen molar-refractivity contribution in [2.45, 2.75) is 63.6 Å². The second-order valence-corrected chi connectivity index (χ2v) is 12.6. The van der Waals surface area contributed by atoms with E-state index in [-0.39, 0.29) is 65.4 Å². The van der Waals surface area contributed by atoms with E-state index < -0.39 is 66.8 Å². The molecule has 0 aromatic carbocycles. The van der Waals surface area contributed by atoms with Crippen LogP contribution in [0.2, 0.25) is 0 Å². The van der Waals surface area contributed by atoms with Gasteiger partial charge in [-0.05, 0) is 6.42 Å². The van der Waals surface area contributed by atoms with Crippen molar-refractivity contribution in [1.29, 1.82) is 0 Å². The van der Waals surface area contributed by atoms with Gasteiger partial charge in [0, 0.05) is 6.54 Å². The molecule has 12 N–H and O–H groups in total. The molecule has 43 heavy (non-hydrogen) atoms. The molecule has 0 spiro atoms. The van der Waals surface area contributed by atoms with Gasteiger partial charge in [0.15, 0.2) is 5.96 Å². The van der Waals surface area contributed by atoms with Crippen LogP contribution >= 0.6 is 0 Å². The van der Waals surface area contributed by atoms with Crippen molar-refractivity contribution in [1.82, 2.24) is 26.6 Å². The molecule has 0 aliphatic rings. The van der Waals surface area contributed by atoms with E-state index in [0.29, 0.717) is 6.42 Å². The molecule has 246 valence electrons. The molecule has 3 unspecified atom stereocenters. The van der Waals surface area contributed by atoms with Crippen LogP contribution in [0.4, 0.5) is 0 Å². The fraction of sp³-hybridized carbons (Fsp3) is 0.667. The first-order valence-corrected chi connectivity index (χ1v) is 16.5. The Balaban J connectivity index is 5.02. The second-order valence-electron chi connectivity index (χ2n) is 8.94. The molecule has 0 aliphatic carbocycles. The van der Waals surface area contributed by atoms with Crippen molar-refractivity contribution in [2.75, 3.05) is 35.1 Å². The number of hydrogen-bond donors (Lipinski definition) is 10.